The average Bonchev–Trinajstić information content (AvgIpc) is 3.28. The molecular formula is C25H27N5O2. The molecule has 0 saturated carbocycles. The molecule has 0 aliphatic carbocycles. The van der Waals surface area contributed by atoms with Crippen molar-refractivity contribution in [1.29, 1.82) is 0 Å². The molecule has 1 saturated heterocycles. The summed E-state index contributed by atoms with van der Waals surface area (Å²) < 4.78 is 12.9. The Morgan fingerprint density at radius 1 is 1.06 bits per heavy atom. The molecule has 1 aromatic carbocycles. The van der Waals surface area contributed by atoms with Gasteiger partial charge in [-0.2, -0.15) is 5.10 Å². The topological polar surface area (TPSA) is 64.8 Å². The number of nitrogens with zero attached hydrogens (tertiary/aromatic N) is 5. The van der Waals surface area contributed by atoms with Gasteiger partial charge in [0.2, 0.25) is 0 Å². The highest BCUT2D eigenvalue weighted by atomic mass is 16.5. The quantitative estimate of drug-likeness (QED) is 0.458. The molecule has 4 heterocycles. The van der Waals surface area contributed by atoms with E-state index in [0.29, 0.717) is 17.4 Å². The average molecular weight is 430 g/mol. The molecule has 0 bridgehead atoms. The van der Waals surface area contributed by atoms with Gasteiger partial charge in [-0.15, -0.1) is 0 Å². The molecule has 3 aromatic heterocycles. The van der Waals surface area contributed by atoms with Crippen molar-refractivity contribution in [3.8, 4) is 22.6 Å². The van der Waals surface area contributed by atoms with Gasteiger partial charge in [-0.3, -0.25) is 9.88 Å². The molecule has 164 valence electrons. The molecule has 1 unspecified atom stereocenters. The third-order valence-electron chi connectivity index (χ3n) is 6.06. The highest BCUT2D eigenvalue weighted by Crippen LogP contribution is 2.37. The maximum absolute atomic E-state index is 5.61. The van der Waals surface area contributed by atoms with Crippen LogP contribution in [0, 0.1) is 0 Å². The maximum atomic E-state index is 5.61. The van der Waals surface area contributed by atoms with E-state index >= 15 is 0 Å². The first-order valence-electron chi connectivity index (χ1n) is 10.9. The van der Waals surface area contributed by atoms with Crippen LogP contribution in [0.2, 0.25) is 0 Å². The van der Waals surface area contributed by atoms with E-state index < -0.39 is 0 Å². The van der Waals surface area contributed by atoms with Crippen LogP contribution in [0.4, 0.5) is 0 Å². The van der Waals surface area contributed by atoms with E-state index in [-0.39, 0.29) is 0 Å². The molecule has 1 aliphatic heterocycles. The van der Waals surface area contributed by atoms with Gasteiger partial charge in [0, 0.05) is 48.7 Å². The van der Waals surface area contributed by atoms with Gasteiger partial charge in [0.05, 0.1) is 14.2 Å². The van der Waals surface area contributed by atoms with Crippen molar-refractivity contribution in [2.45, 2.75) is 25.3 Å². The number of likely N-dealkylation sites (tertiary alicyclic amines) is 1. The standard InChI is InChI=1S/C25H27N5O2/c1-31-22-9-3-8-21(24(22)32-2)19-10-11-23-27-25(28-30(23)17-19)20-7-5-13-29(16-20)15-18-6-4-12-26-14-18/h3-4,6,8-12,14,17,20H,5,7,13,15-16H2,1-2H3. The summed E-state index contributed by atoms with van der Waals surface area (Å²) in [5.74, 6) is 2.67. The number of aromatic nitrogens is 4. The number of benzene rings is 1. The van der Waals surface area contributed by atoms with Crippen molar-refractivity contribution in [3.05, 3.63) is 72.4 Å². The molecule has 5 rings (SSSR count). The molecule has 0 N–H and O–H groups in total. The van der Waals surface area contributed by atoms with Gasteiger partial charge in [0.15, 0.2) is 23.0 Å². The Morgan fingerprint density at radius 2 is 2.00 bits per heavy atom. The van der Waals surface area contributed by atoms with E-state index in [1.54, 1.807) is 14.2 Å². The second-order valence-electron chi connectivity index (χ2n) is 8.17. The molecule has 4 aromatic rings. The second kappa shape index (κ2) is 8.96. The molecule has 0 radical (unpaired) electrons. The van der Waals surface area contributed by atoms with E-state index in [2.05, 4.69) is 22.0 Å². The lowest BCUT2D eigenvalue weighted by atomic mass is 9.97. The third-order valence-corrected chi connectivity index (χ3v) is 6.06. The van der Waals surface area contributed by atoms with Crippen molar-refractivity contribution < 1.29 is 9.47 Å². The van der Waals surface area contributed by atoms with E-state index in [0.717, 1.165) is 55.1 Å². The molecule has 7 nitrogen and oxygen atoms in total. The summed E-state index contributed by atoms with van der Waals surface area (Å²) in [6.45, 7) is 2.97. The van der Waals surface area contributed by atoms with E-state index in [1.807, 2.05) is 53.4 Å². The van der Waals surface area contributed by atoms with Crippen LogP contribution in [0.5, 0.6) is 11.5 Å². The smallest absolute Gasteiger partial charge is 0.168 e. The lowest BCUT2D eigenvalue weighted by Crippen LogP contribution is -2.34. The van der Waals surface area contributed by atoms with Gasteiger partial charge in [-0.25, -0.2) is 9.50 Å². The minimum atomic E-state index is 0.329. The van der Waals surface area contributed by atoms with E-state index in [9.17, 15) is 0 Å². The zero-order valence-electron chi connectivity index (χ0n) is 18.4. The highest BCUT2D eigenvalue weighted by Gasteiger charge is 2.25. The maximum Gasteiger partial charge on any atom is 0.168 e. The predicted molar refractivity (Wildman–Crippen MR) is 123 cm³/mol. The van der Waals surface area contributed by atoms with Crippen LogP contribution in [-0.4, -0.2) is 51.8 Å². The van der Waals surface area contributed by atoms with Crippen LogP contribution in [0.25, 0.3) is 16.8 Å². The van der Waals surface area contributed by atoms with Crippen LogP contribution in [0.15, 0.2) is 61.1 Å². The Labute approximate surface area is 187 Å². The normalized spacial score (nSPS) is 16.9. The zero-order chi connectivity index (χ0) is 21.9. The number of fused-ring (bicyclic) bond motifs is 1. The fraction of sp³-hybridized carbons (Fsp3) is 0.320. The Bertz CT molecular complexity index is 1210. The Balaban J connectivity index is 1.40. The summed E-state index contributed by atoms with van der Waals surface area (Å²) in [7, 11) is 3.31. The Kier molecular flexibility index (Phi) is 5.73. The molecule has 0 spiro atoms. The van der Waals surface area contributed by atoms with Crippen molar-refractivity contribution >= 4 is 5.65 Å². The van der Waals surface area contributed by atoms with Crippen LogP contribution in [0.1, 0.15) is 30.1 Å². The van der Waals surface area contributed by atoms with Crippen LogP contribution in [-0.2, 0) is 6.54 Å². The molecular weight excluding hydrogens is 402 g/mol. The molecule has 1 atom stereocenters. The second-order valence-corrected chi connectivity index (χ2v) is 8.17. The number of hydrogen-bond donors (Lipinski definition) is 0. The van der Waals surface area contributed by atoms with Crippen LogP contribution < -0.4 is 9.47 Å². The van der Waals surface area contributed by atoms with E-state index in [1.165, 1.54) is 5.56 Å². The number of piperidine rings is 1. The van der Waals surface area contributed by atoms with Crippen molar-refractivity contribution in [3.63, 3.8) is 0 Å². The van der Waals surface area contributed by atoms with Gasteiger partial charge in [-0.05, 0) is 49.2 Å². The van der Waals surface area contributed by atoms with Crippen molar-refractivity contribution in [2.75, 3.05) is 27.3 Å². The number of hydrogen-bond acceptors (Lipinski definition) is 6. The summed E-state index contributed by atoms with van der Waals surface area (Å²) in [4.78, 5) is 11.6. The summed E-state index contributed by atoms with van der Waals surface area (Å²) in [5, 5.41) is 4.86. The van der Waals surface area contributed by atoms with Gasteiger partial charge in [0.25, 0.3) is 0 Å². The summed E-state index contributed by atoms with van der Waals surface area (Å²) in [6.07, 6.45) is 8.03. The molecule has 1 fully saturated rings. The van der Waals surface area contributed by atoms with Crippen molar-refractivity contribution in [2.24, 2.45) is 0 Å². The number of pyridine rings is 2. The number of ether oxygens (including phenoxy) is 2. The fourth-order valence-corrected chi connectivity index (χ4v) is 4.51. The first-order valence-corrected chi connectivity index (χ1v) is 10.9. The first kappa shape index (κ1) is 20.5. The fourth-order valence-electron chi connectivity index (χ4n) is 4.51. The molecule has 1 aliphatic rings. The molecule has 0 amide bonds. The monoisotopic (exact) mass is 429 g/mol. The number of methoxy groups -OCH3 is 2. The van der Waals surface area contributed by atoms with E-state index in [4.69, 9.17) is 19.6 Å². The number of para-hydroxylation sites is 1. The minimum Gasteiger partial charge on any atom is -0.493 e. The molecule has 7 heteroatoms. The Hall–Kier alpha value is -3.45. The summed E-state index contributed by atoms with van der Waals surface area (Å²) >= 11 is 0. The summed E-state index contributed by atoms with van der Waals surface area (Å²) in [6, 6.07) is 14.1. The Morgan fingerprint density at radius 3 is 2.81 bits per heavy atom. The summed E-state index contributed by atoms with van der Waals surface area (Å²) in [5.41, 5.74) is 4.07. The van der Waals surface area contributed by atoms with Crippen LogP contribution >= 0.6 is 0 Å². The largest absolute Gasteiger partial charge is 0.493 e. The third kappa shape index (κ3) is 4.03. The lowest BCUT2D eigenvalue weighted by Gasteiger charge is -2.31. The van der Waals surface area contributed by atoms with Gasteiger partial charge in [0.1, 0.15) is 0 Å². The predicted octanol–water partition coefficient (Wildman–Crippen LogP) is 4.19. The van der Waals surface area contributed by atoms with Gasteiger partial charge in [-0.1, -0.05) is 18.2 Å². The lowest BCUT2D eigenvalue weighted by molar-refractivity contribution is 0.196. The van der Waals surface area contributed by atoms with Gasteiger partial charge >= 0.3 is 0 Å². The minimum absolute atomic E-state index is 0.329. The molecule has 32 heavy (non-hydrogen) atoms. The first-order chi connectivity index (χ1) is 15.7. The van der Waals surface area contributed by atoms with Crippen molar-refractivity contribution in [1.82, 2.24) is 24.5 Å². The van der Waals surface area contributed by atoms with Crippen LogP contribution in [0.3, 0.4) is 0 Å². The zero-order valence-corrected chi connectivity index (χ0v) is 18.4. The van der Waals surface area contributed by atoms with Gasteiger partial charge < -0.3 is 9.47 Å². The number of rotatable bonds is 6. The SMILES string of the molecule is COc1cccc(-c2ccc3nc(C4CCCN(Cc5cccnc5)C4)nn3c2)c1OC. The highest BCUT2D eigenvalue weighted by molar-refractivity contribution is 5.74.